The molecule has 0 bridgehead atoms. The fraction of sp³-hybridized carbons (Fsp3) is 0.533. The van der Waals surface area contributed by atoms with Crippen LogP contribution in [0, 0.1) is 9.49 Å². The molecule has 0 saturated carbocycles. The molecule has 0 radical (unpaired) electrons. The number of carbonyl (C=O) groups is 1. The predicted octanol–water partition coefficient (Wildman–Crippen LogP) is 2.56. The minimum absolute atomic E-state index is 0.0696. The zero-order chi connectivity index (χ0) is 14.4. The Hall–Kier alpha value is -0.820. The zero-order valence-corrected chi connectivity index (χ0v) is 13.8. The molecule has 0 unspecified atom stereocenters. The van der Waals surface area contributed by atoms with Gasteiger partial charge in [0.1, 0.15) is 12.4 Å². The largest absolute Gasteiger partial charge is 0.492 e. The SMILES string of the molecule is COC(=O)C1CCN(CCOc2ccc(I)cc2)CC1. The van der Waals surface area contributed by atoms with Crippen LogP contribution in [-0.4, -0.2) is 44.2 Å². The highest BCUT2D eigenvalue weighted by atomic mass is 127. The molecular formula is C15H20INO3. The van der Waals surface area contributed by atoms with Crippen LogP contribution >= 0.6 is 22.6 Å². The monoisotopic (exact) mass is 389 g/mol. The van der Waals surface area contributed by atoms with Crippen LogP contribution in [0.2, 0.25) is 0 Å². The van der Waals surface area contributed by atoms with E-state index in [1.165, 1.54) is 10.7 Å². The Bertz CT molecular complexity index is 427. The van der Waals surface area contributed by atoms with Crippen molar-refractivity contribution in [2.24, 2.45) is 5.92 Å². The summed E-state index contributed by atoms with van der Waals surface area (Å²) in [6.45, 7) is 3.47. The maximum atomic E-state index is 11.4. The van der Waals surface area contributed by atoms with Crippen LogP contribution in [0.5, 0.6) is 5.75 Å². The third-order valence-electron chi connectivity index (χ3n) is 3.61. The fourth-order valence-electron chi connectivity index (χ4n) is 2.38. The number of benzene rings is 1. The topological polar surface area (TPSA) is 38.8 Å². The van der Waals surface area contributed by atoms with Crippen LogP contribution in [0.25, 0.3) is 0 Å². The average Bonchev–Trinajstić information content (AvgIpc) is 2.49. The number of hydrogen-bond acceptors (Lipinski definition) is 4. The third-order valence-corrected chi connectivity index (χ3v) is 4.33. The highest BCUT2D eigenvalue weighted by Crippen LogP contribution is 2.18. The number of piperidine rings is 1. The molecule has 1 saturated heterocycles. The van der Waals surface area contributed by atoms with E-state index in [1.54, 1.807) is 0 Å². The van der Waals surface area contributed by atoms with Crippen LogP contribution < -0.4 is 4.74 Å². The molecule has 1 aromatic carbocycles. The molecule has 0 amide bonds. The molecule has 2 rings (SSSR count). The first-order chi connectivity index (χ1) is 9.69. The minimum atomic E-state index is -0.0696. The van der Waals surface area contributed by atoms with E-state index in [0.29, 0.717) is 6.61 Å². The molecule has 0 aliphatic carbocycles. The van der Waals surface area contributed by atoms with Crippen molar-refractivity contribution in [2.75, 3.05) is 33.4 Å². The summed E-state index contributed by atoms with van der Waals surface area (Å²) in [7, 11) is 1.46. The Morgan fingerprint density at radius 1 is 1.30 bits per heavy atom. The second-order valence-electron chi connectivity index (χ2n) is 4.94. The molecule has 1 heterocycles. The Morgan fingerprint density at radius 2 is 1.95 bits per heavy atom. The van der Waals surface area contributed by atoms with Crippen molar-refractivity contribution >= 4 is 28.6 Å². The van der Waals surface area contributed by atoms with E-state index in [1.807, 2.05) is 24.3 Å². The van der Waals surface area contributed by atoms with Gasteiger partial charge < -0.3 is 9.47 Å². The van der Waals surface area contributed by atoms with E-state index in [-0.39, 0.29) is 11.9 Å². The van der Waals surface area contributed by atoms with E-state index in [0.717, 1.165) is 38.2 Å². The lowest BCUT2D eigenvalue weighted by Gasteiger charge is -2.30. The number of likely N-dealkylation sites (tertiary alicyclic amines) is 1. The highest BCUT2D eigenvalue weighted by Gasteiger charge is 2.25. The van der Waals surface area contributed by atoms with Crippen LogP contribution in [-0.2, 0) is 9.53 Å². The highest BCUT2D eigenvalue weighted by molar-refractivity contribution is 14.1. The van der Waals surface area contributed by atoms with Gasteiger partial charge in [0.05, 0.1) is 13.0 Å². The molecule has 0 spiro atoms. The van der Waals surface area contributed by atoms with E-state index >= 15 is 0 Å². The second-order valence-corrected chi connectivity index (χ2v) is 6.19. The molecule has 1 aromatic rings. The number of carbonyl (C=O) groups excluding carboxylic acids is 1. The first-order valence-electron chi connectivity index (χ1n) is 6.87. The summed E-state index contributed by atoms with van der Waals surface area (Å²) < 4.78 is 11.7. The van der Waals surface area contributed by atoms with E-state index in [9.17, 15) is 4.79 Å². The maximum Gasteiger partial charge on any atom is 0.308 e. The van der Waals surface area contributed by atoms with Gasteiger partial charge in [-0.05, 0) is 72.8 Å². The molecule has 0 N–H and O–H groups in total. The first-order valence-corrected chi connectivity index (χ1v) is 7.95. The van der Waals surface area contributed by atoms with Gasteiger partial charge >= 0.3 is 5.97 Å². The van der Waals surface area contributed by atoms with Gasteiger partial charge in [-0.15, -0.1) is 0 Å². The molecule has 0 atom stereocenters. The number of hydrogen-bond donors (Lipinski definition) is 0. The smallest absolute Gasteiger partial charge is 0.308 e. The Morgan fingerprint density at radius 3 is 2.55 bits per heavy atom. The quantitative estimate of drug-likeness (QED) is 0.573. The number of halogens is 1. The van der Waals surface area contributed by atoms with E-state index in [4.69, 9.17) is 9.47 Å². The lowest BCUT2D eigenvalue weighted by molar-refractivity contribution is -0.147. The molecule has 1 aliphatic heterocycles. The normalized spacial score (nSPS) is 16.9. The summed E-state index contributed by atoms with van der Waals surface area (Å²) in [5.74, 6) is 0.919. The second kappa shape index (κ2) is 7.83. The fourth-order valence-corrected chi connectivity index (χ4v) is 2.74. The average molecular weight is 389 g/mol. The Kier molecular flexibility index (Phi) is 6.09. The number of rotatable bonds is 5. The van der Waals surface area contributed by atoms with Gasteiger partial charge in [0.2, 0.25) is 0 Å². The predicted molar refractivity (Wildman–Crippen MR) is 85.8 cm³/mol. The van der Waals surface area contributed by atoms with Crippen LogP contribution in [0.4, 0.5) is 0 Å². The lowest BCUT2D eigenvalue weighted by Crippen LogP contribution is -2.38. The van der Waals surface area contributed by atoms with E-state index < -0.39 is 0 Å². The Labute approximate surface area is 133 Å². The number of nitrogens with zero attached hydrogens (tertiary/aromatic N) is 1. The van der Waals surface area contributed by atoms with Crippen molar-refractivity contribution in [3.05, 3.63) is 27.8 Å². The van der Waals surface area contributed by atoms with Crippen molar-refractivity contribution in [3.8, 4) is 5.75 Å². The zero-order valence-electron chi connectivity index (χ0n) is 11.7. The van der Waals surface area contributed by atoms with Gasteiger partial charge in [-0.2, -0.15) is 0 Å². The molecular weight excluding hydrogens is 369 g/mol. The van der Waals surface area contributed by atoms with Gasteiger partial charge in [0, 0.05) is 10.1 Å². The number of ether oxygens (including phenoxy) is 2. The van der Waals surface area contributed by atoms with Crippen molar-refractivity contribution < 1.29 is 14.3 Å². The van der Waals surface area contributed by atoms with Gasteiger partial charge in [0.25, 0.3) is 0 Å². The summed E-state index contributed by atoms with van der Waals surface area (Å²) in [5, 5.41) is 0. The van der Waals surface area contributed by atoms with Crippen LogP contribution in [0.3, 0.4) is 0 Å². The summed E-state index contributed by atoms with van der Waals surface area (Å²) in [6.07, 6.45) is 1.77. The summed E-state index contributed by atoms with van der Waals surface area (Å²) >= 11 is 2.28. The van der Waals surface area contributed by atoms with Crippen molar-refractivity contribution in [3.63, 3.8) is 0 Å². The summed E-state index contributed by atoms with van der Waals surface area (Å²) in [5.41, 5.74) is 0. The number of methoxy groups -OCH3 is 1. The van der Waals surface area contributed by atoms with Gasteiger partial charge in [-0.25, -0.2) is 0 Å². The van der Waals surface area contributed by atoms with Gasteiger partial charge in [-0.1, -0.05) is 0 Å². The number of esters is 1. The van der Waals surface area contributed by atoms with E-state index in [2.05, 4.69) is 27.5 Å². The van der Waals surface area contributed by atoms with Gasteiger partial charge in [-0.3, -0.25) is 9.69 Å². The Balaban J connectivity index is 1.66. The summed E-state index contributed by atoms with van der Waals surface area (Å²) in [4.78, 5) is 13.8. The molecule has 20 heavy (non-hydrogen) atoms. The van der Waals surface area contributed by atoms with Crippen molar-refractivity contribution in [1.82, 2.24) is 4.90 Å². The minimum Gasteiger partial charge on any atom is -0.492 e. The summed E-state index contributed by atoms with van der Waals surface area (Å²) in [6, 6.07) is 8.06. The molecule has 5 heteroatoms. The molecule has 1 aliphatic rings. The maximum absolute atomic E-state index is 11.4. The lowest BCUT2D eigenvalue weighted by atomic mass is 9.97. The molecule has 0 aromatic heterocycles. The van der Waals surface area contributed by atoms with Crippen LogP contribution in [0.1, 0.15) is 12.8 Å². The standard InChI is InChI=1S/C15H20INO3/c1-19-15(18)12-6-8-17(9-7-12)10-11-20-14-4-2-13(16)3-5-14/h2-5,12H,6-11H2,1H3. The van der Waals surface area contributed by atoms with Crippen molar-refractivity contribution in [2.45, 2.75) is 12.8 Å². The molecule has 110 valence electrons. The molecule has 4 nitrogen and oxygen atoms in total. The van der Waals surface area contributed by atoms with Gasteiger partial charge in [0.15, 0.2) is 0 Å². The van der Waals surface area contributed by atoms with Crippen molar-refractivity contribution in [1.29, 1.82) is 0 Å². The van der Waals surface area contributed by atoms with Crippen LogP contribution in [0.15, 0.2) is 24.3 Å². The third kappa shape index (κ3) is 4.63. The first kappa shape index (κ1) is 15.6. The molecule has 1 fully saturated rings.